The van der Waals surface area contributed by atoms with Gasteiger partial charge in [-0.15, -0.1) is 0 Å². The molecule has 0 bridgehead atoms. The van der Waals surface area contributed by atoms with Crippen LogP contribution in [-0.4, -0.2) is 0 Å². The summed E-state index contributed by atoms with van der Waals surface area (Å²) in [6.07, 6.45) is 20.4. The van der Waals surface area contributed by atoms with Gasteiger partial charge in [0.15, 0.2) is 0 Å². The van der Waals surface area contributed by atoms with Gasteiger partial charge in [-0.05, 0) is 107 Å². The minimum absolute atomic E-state index is 1.13. The van der Waals surface area contributed by atoms with E-state index in [1.807, 2.05) is 0 Å². The number of hydrogen-bond donors (Lipinski definition) is 0. The fourth-order valence-corrected chi connectivity index (χ4v) is 7.35. The van der Waals surface area contributed by atoms with Crippen molar-refractivity contribution in [2.24, 2.45) is 0 Å². The molecule has 0 atom stereocenters. The molecule has 0 radical (unpaired) electrons. The maximum Gasteiger partial charge on any atom is -0.0149 e. The summed E-state index contributed by atoms with van der Waals surface area (Å²) in [6.45, 7) is 9.05. The van der Waals surface area contributed by atoms with Crippen LogP contribution >= 0.6 is 0 Å². The van der Waals surface area contributed by atoms with E-state index in [1.54, 1.807) is 0 Å². The lowest BCUT2D eigenvalue weighted by molar-refractivity contribution is 0.632. The Morgan fingerprint density at radius 2 is 0.640 bits per heavy atom. The van der Waals surface area contributed by atoms with Gasteiger partial charge in [-0.3, -0.25) is 0 Å². The van der Waals surface area contributed by atoms with Crippen molar-refractivity contribution < 1.29 is 0 Å². The van der Waals surface area contributed by atoms with Gasteiger partial charge in [0, 0.05) is 0 Å². The van der Waals surface area contributed by atoms with Gasteiger partial charge < -0.3 is 0 Å². The second kappa shape index (κ2) is 20.1. The molecule has 0 fully saturated rings. The van der Waals surface area contributed by atoms with Crippen LogP contribution in [0.25, 0.3) is 44.5 Å². The molecule has 5 aromatic rings. The summed E-state index contributed by atoms with van der Waals surface area (Å²) >= 11 is 0. The Labute approximate surface area is 305 Å². The van der Waals surface area contributed by atoms with Crippen molar-refractivity contribution in [3.05, 3.63) is 131 Å². The Bertz CT molecular complexity index is 1690. The van der Waals surface area contributed by atoms with Gasteiger partial charge in [-0.2, -0.15) is 0 Å². The largest absolute Gasteiger partial charge is 0.0654 e. The zero-order valence-corrected chi connectivity index (χ0v) is 31.7. The Morgan fingerprint density at radius 1 is 0.320 bits per heavy atom. The topological polar surface area (TPSA) is 0 Å². The van der Waals surface area contributed by atoms with Crippen LogP contribution < -0.4 is 0 Å². The van der Waals surface area contributed by atoms with Crippen LogP contribution in [-0.2, 0) is 19.3 Å². The summed E-state index contributed by atoms with van der Waals surface area (Å²) in [5, 5.41) is 0. The van der Waals surface area contributed by atoms with Crippen LogP contribution in [0.4, 0.5) is 0 Å². The molecule has 0 saturated heterocycles. The van der Waals surface area contributed by atoms with Crippen LogP contribution in [0.3, 0.4) is 0 Å². The predicted molar refractivity (Wildman–Crippen MR) is 221 cm³/mol. The van der Waals surface area contributed by atoms with Gasteiger partial charge in [0.25, 0.3) is 0 Å². The third-order valence-corrected chi connectivity index (χ3v) is 10.6. The minimum atomic E-state index is 1.13. The third kappa shape index (κ3) is 10.8. The minimum Gasteiger partial charge on any atom is -0.0654 e. The normalized spacial score (nSPS) is 11.3. The van der Waals surface area contributed by atoms with E-state index in [-0.39, 0.29) is 0 Å². The standard InChI is InChI=1S/C50H62/c1-5-8-11-14-15-18-40-23-27-42(28-24-40)44-31-35-46(36-32-44)50-38-47(19-16-12-9-6-2)49(37-48(50)20-17-13-10-7-3)45-33-29-43(30-34-45)41-25-21-39(4)22-26-41/h21-38H,5-20H2,1-4H3. The van der Waals surface area contributed by atoms with E-state index >= 15 is 0 Å². The lowest BCUT2D eigenvalue weighted by Crippen LogP contribution is -1.99. The molecule has 262 valence electrons. The Kier molecular flexibility index (Phi) is 15.0. The zero-order valence-electron chi connectivity index (χ0n) is 31.7. The summed E-state index contributed by atoms with van der Waals surface area (Å²) in [7, 11) is 0. The van der Waals surface area contributed by atoms with Gasteiger partial charge in [-0.25, -0.2) is 0 Å². The van der Waals surface area contributed by atoms with Gasteiger partial charge in [0.2, 0.25) is 0 Å². The first-order valence-electron chi connectivity index (χ1n) is 20.1. The smallest absolute Gasteiger partial charge is 0.0149 e. The van der Waals surface area contributed by atoms with Crippen LogP contribution in [0.15, 0.2) is 109 Å². The molecule has 0 nitrogen and oxygen atoms in total. The molecule has 5 aromatic carbocycles. The van der Waals surface area contributed by atoms with Gasteiger partial charge in [0.05, 0.1) is 0 Å². The summed E-state index contributed by atoms with van der Waals surface area (Å²) in [6, 6.07) is 42.1. The fraction of sp³-hybridized carbons (Fsp3) is 0.400. The van der Waals surface area contributed by atoms with Crippen molar-refractivity contribution >= 4 is 0 Å². The van der Waals surface area contributed by atoms with E-state index in [2.05, 4.69) is 137 Å². The third-order valence-electron chi connectivity index (χ3n) is 10.6. The van der Waals surface area contributed by atoms with Crippen LogP contribution in [0, 0.1) is 6.92 Å². The molecule has 0 aliphatic heterocycles. The Hall–Kier alpha value is -3.90. The highest BCUT2D eigenvalue weighted by molar-refractivity contribution is 5.79. The van der Waals surface area contributed by atoms with E-state index in [0.717, 1.165) is 12.8 Å². The molecule has 50 heavy (non-hydrogen) atoms. The molecule has 0 aliphatic rings. The van der Waals surface area contributed by atoms with Crippen molar-refractivity contribution in [2.45, 2.75) is 130 Å². The maximum atomic E-state index is 2.56. The molecule has 0 saturated carbocycles. The quantitative estimate of drug-likeness (QED) is 0.0728. The summed E-state index contributed by atoms with van der Waals surface area (Å²) < 4.78 is 0. The number of rotatable bonds is 20. The van der Waals surface area contributed by atoms with E-state index in [4.69, 9.17) is 0 Å². The predicted octanol–water partition coefficient (Wildman–Crippen LogP) is 15.4. The van der Waals surface area contributed by atoms with Crippen molar-refractivity contribution in [2.75, 3.05) is 0 Å². The molecule has 0 aromatic heterocycles. The molecule has 0 heteroatoms. The first-order valence-corrected chi connectivity index (χ1v) is 20.1. The molecule has 0 unspecified atom stereocenters. The Morgan fingerprint density at radius 3 is 1.06 bits per heavy atom. The van der Waals surface area contributed by atoms with E-state index < -0.39 is 0 Å². The van der Waals surface area contributed by atoms with Crippen LogP contribution in [0.2, 0.25) is 0 Å². The fourth-order valence-electron chi connectivity index (χ4n) is 7.35. The van der Waals surface area contributed by atoms with Crippen LogP contribution in [0.5, 0.6) is 0 Å². The summed E-state index contributed by atoms with van der Waals surface area (Å²) in [4.78, 5) is 0. The van der Waals surface area contributed by atoms with Crippen molar-refractivity contribution in [1.82, 2.24) is 0 Å². The molecule has 0 heterocycles. The van der Waals surface area contributed by atoms with E-state index in [9.17, 15) is 0 Å². The first kappa shape index (κ1) is 37.4. The average Bonchev–Trinajstić information content (AvgIpc) is 3.16. The lowest BCUT2D eigenvalue weighted by Gasteiger charge is -2.18. The molecule has 0 spiro atoms. The zero-order chi connectivity index (χ0) is 35.0. The number of aryl methyl sites for hydroxylation is 4. The van der Waals surface area contributed by atoms with E-state index in [0.29, 0.717) is 0 Å². The lowest BCUT2D eigenvalue weighted by atomic mass is 9.86. The van der Waals surface area contributed by atoms with Crippen molar-refractivity contribution in [3.63, 3.8) is 0 Å². The van der Waals surface area contributed by atoms with Gasteiger partial charge in [-0.1, -0.05) is 200 Å². The number of unbranched alkanes of at least 4 members (excludes halogenated alkanes) is 10. The number of hydrogen-bond acceptors (Lipinski definition) is 0. The van der Waals surface area contributed by atoms with Gasteiger partial charge >= 0.3 is 0 Å². The van der Waals surface area contributed by atoms with Crippen molar-refractivity contribution in [3.8, 4) is 44.5 Å². The van der Waals surface area contributed by atoms with Crippen LogP contribution in [0.1, 0.15) is 126 Å². The highest BCUT2D eigenvalue weighted by atomic mass is 14.2. The molecule has 5 rings (SSSR count). The summed E-state index contributed by atoms with van der Waals surface area (Å²) in [5.41, 5.74) is 16.5. The SMILES string of the molecule is CCCCCCCc1ccc(-c2ccc(-c3cc(CCCCCC)c(-c4ccc(-c5ccc(C)cc5)cc4)cc3CCCCCC)cc2)cc1. The maximum absolute atomic E-state index is 2.56. The number of benzene rings is 5. The second-order valence-electron chi connectivity index (χ2n) is 14.7. The summed E-state index contributed by atoms with van der Waals surface area (Å²) in [5.74, 6) is 0. The highest BCUT2D eigenvalue weighted by Gasteiger charge is 2.14. The highest BCUT2D eigenvalue weighted by Crippen LogP contribution is 2.36. The molecule has 0 aliphatic carbocycles. The molecule has 0 amide bonds. The first-order chi connectivity index (χ1) is 24.6. The van der Waals surface area contributed by atoms with Gasteiger partial charge in [0.1, 0.15) is 0 Å². The Balaban J connectivity index is 1.43. The van der Waals surface area contributed by atoms with E-state index in [1.165, 1.54) is 157 Å². The van der Waals surface area contributed by atoms with Crippen molar-refractivity contribution in [1.29, 1.82) is 0 Å². The molecular formula is C50H62. The molecule has 0 N–H and O–H groups in total. The molecular weight excluding hydrogens is 601 g/mol. The monoisotopic (exact) mass is 662 g/mol. The average molecular weight is 663 g/mol. The second-order valence-corrected chi connectivity index (χ2v) is 14.7.